The lowest BCUT2D eigenvalue weighted by Gasteiger charge is -2.12. The standard InChI is InChI=1S/C20H14N2O2.C19H11F3N2OS.C19H20N2O.C18H18N2O3.C17H10F6N2O.C16H10BrF3N2O/c1-3-8-15(9-4-1)19-21-20(24-22-19)16-10-7-13-18(14-16)23-17-11-5-2-6-12-17;20-19(21,22)16-14(12-7-3-1-4-8-12)11-15(26-16)18-23-17(24-25-18)13-9-5-2-6-10-13;1-14(2)11-12-15-7-6-10-17(13-15)19-20-18(21-22-19)16-8-4-3-5-9-16;1-3-21-15-10-14(11-16(12-15)22-4-2)18-19-17(20-23-18)13-8-6-5-7-9-13;1-9-4-2-3-5-13(9)14-24-15(26-25-14)10-6-11(16(18,19)20)8-12(7-10)17(21,22)23;1-9-4-2-3-5-13(9)14-21-15(23-22-14)10-6-11(16(18,19)20)8-12(17)7-10/h1-14H;1-11H;3-10,13-14H,11-12H2,1-2H3;5-12H,3-4H2,1-2H3;2-8H,1H3;2-8H,1H3. The van der Waals surface area contributed by atoms with Crippen LogP contribution in [-0.4, -0.2) is 74.1 Å². The van der Waals surface area contributed by atoms with E-state index >= 15 is 0 Å². The highest BCUT2D eigenvalue weighted by Gasteiger charge is 2.40. The van der Waals surface area contributed by atoms with E-state index in [2.05, 4.69) is 109 Å². The minimum Gasteiger partial charge on any atom is -0.494 e. The van der Waals surface area contributed by atoms with Crippen molar-refractivity contribution in [2.24, 2.45) is 5.92 Å². The molecule has 13 aromatic carbocycles. The molecule has 0 saturated carbocycles. The van der Waals surface area contributed by atoms with Crippen molar-refractivity contribution in [3.05, 3.63) is 382 Å². The summed E-state index contributed by atoms with van der Waals surface area (Å²) in [5.74, 6) is 7.30. The van der Waals surface area contributed by atoms with Gasteiger partial charge >= 0.3 is 24.7 Å². The Morgan fingerprint density at radius 2 is 0.618 bits per heavy atom. The second-order valence-electron chi connectivity index (χ2n) is 32.0. The molecule has 20 aromatic rings. The number of hydrogen-bond donors (Lipinski definition) is 0. The number of alkyl halides is 12. The first-order valence-electron chi connectivity index (χ1n) is 44.5. The quantitative estimate of drug-likeness (QED) is 0.0571. The number of benzene rings is 13. The summed E-state index contributed by atoms with van der Waals surface area (Å²) in [6, 6.07) is 98.5. The van der Waals surface area contributed by atoms with E-state index in [9.17, 15) is 52.7 Å². The molecule has 144 heavy (non-hydrogen) atoms. The number of para-hydroxylation sites is 1. The van der Waals surface area contributed by atoms with Crippen LogP contribution in [0.2, 0.25) is 0 Å². The van der Waals surface area contributed by atoms with Crippen molar-refractivity contribution in [1.82, 2.24) is 60.8 Å². The number of thiophene rings is 1. The Kier molecular flexibility index (Phi) is 33.0. The van der Waals surface area contributed by atoms with E-state index in [1.54, 1.807) is 73.7 Å². The molecule has 0 saturated heterocycles. The van der Waals surface area contributed by atoms with Crippen molar-refractivity contribution in [2.45, 2.75) is 79.1 Å². The van der Waals surface area contributed by atoms with Gasteiger partial charge in [-0.15, -0.1) is 11.3 Å². The Labute approximate surface area is 828 Å². The maximum atomic E-state index is 13.5. The topological polar surface area (TPSA) is 261 Å². The molecule has 0 unspecified atom stereocenters. The molecule has 0 fully saturated rings. The number of ether oxygens (including phenoxy) is 3. The van der Waals surface area contributed by atoms with Gasteiger partial charge in [0.15, 0.2) is 0 Å². The van der Waals surface area contributed by atoms with E-state index in [0.717, 1.165) is 85.7 Å². The van der Waals surface area contributed by atoms with Crippen LogP contribution < -0.4 is 14.2 Å². The Bertz CT molecular complexity index is 7520. The Hall–Kier alpha value is -16.6. The third kappa shape index (κ3) is 27.4. The van der Waals surface area contributed by atoms with Crippen LogP contribution in [0.4, 0.5) is 52.7 Å². The van der Waals surface area contributed by atoms with E-state index in [4.69, 9.17) is 41.3 Å². The van der Waals surface area contributed by atoms with Crippen molar-refractivity contribution in [3.63, 3.8) is 0 Å². The zero-order valence-corrected chi connectivity index (χ0v) is 79.5. The van der Waals surface area contributed by atoms with Gasteiger partial charge in [0.25, 0.3) is 35.3 Å². The molecule has 730 valence electrons. The molecule has 0 radical (unpaired) electrons. The SMILES string of the molecule is CC(C)CCc1cccc(-c2nc(-c3ccccc3)no2)c1.CCOc1cc(OCC)cc(-c2nc(-c3ccccc3)no2)c1.Cc1ccccc1-c1noc(-c2cc(Br)cc(C(F)(F)F)c2)n1.Cc1ccccc1-c1noc(-c2cc(C(F)(F)F)cc(C(F)(F)F)c2)n1.FC(F)(F)c1sc(-c2nc(-c3ccccc3)no2)cc1-c1ccccc1.c1ccc(Oc2cccc(-c3nc(-c4ccccc4)no3)c2)cc1. The fourth-order valence-electron chi connectivity index (χ4n) is 14.0. The predicted molar refractivity (Wildman–Crippen MR) is 524 cm³/mol. The largest absolute Gasteiger partial charge is 0.494 e. The molecule has 7 aromatic heterocycles. The van der Waals surface area contributed by atoms with Gasteiger partial charge in [-0.1, -0.05) is 297 Å². The number of aryl methyl sites for hydroxylation is 3. The lowest BCUT2D eigenvalue weighted by atomic mass is 10.0. The van der Waals surface area contributed by atoms with Gasteiger partial charge < -0.3 is 41.3 Å². The van der Waals surface area contributed by atoms with E-state index in [1.165, 1.54) is 24.1 Å². The van der Waals surface area contributed by atoms with E-state index < -0.39 is 57.7 Å². The summed E-state index contributed by atoms with van der Waals surface area (Å²) in [5, 5.41) is 23.6. The molecule has 21 nitrogen and oxygen atoms in total. The molecule has 0 N–H and O–H groups in total. The zero-order chi connectivity index (χ0) is 101. The summed E-state index contributed by atoms with van der Waals surface area (Å²) in [6.45, 7) is 13.2. The summed E-state index contributed by atoms with van der Waals surface area (Å²) < 4.78 is 206. The average Bonchev–Trinajstić information content (AvgIpc) is 1.61. The first kappa shape index (κ1) is 102. The number of rotatable bonds is 22. The molecular formula is C109H83BrF12N12O9S. The van der Waals surface area contributed by atoms with Crippen molar-refractivity contribution in [3.8, 4) is 170 Å². The molecule has 0 atom stereocenters. The molecule has 0 spiro atoms. The average molecular weight is 2040 g/mol. The maximum absolute atomic E-state index is 13.5. The van der Waals surface area contributed by atoms with E-state index in [0.29, 0.717) is 112 Å². The van der Waals surface area contributed by atoms with Crippen LogP contribution in [0.1, 0.15) is 72.4 Å². The van der Waals surface area contributed by atoms with Crippen LogP contribution in [0.5, 0.6) is 23.0 Å². The van der Waals surface area contributed by atoms with Crippen LogP contribution in [0, 0.1) is 19.8 Å². The minimum atomic E-state index is -4.95. The summed E-state index contributed by atoms with van der Waals surface area (Å²) >= 11 is 3.68. The van der Waals surface area contributed by atoms with Gasteiger partial charge in [-0.05, 0) is 166 Å². The monoisotopic (exact) mass is 2040 g/mol. The molecular weight excluding hydrogens is 1960 g/mol. The second kappa shape index (κ2) is 46.7. The minimum absolute atomic E-state index is 0.0371. The van der Waals surface area contributed by atoms with Gasteiger partial charge in [0.2, 0.25) is 34.9 Å². The number of nitrogens with zero attached hydrogens (tertiary/aromatic N) is 12. The molecule has 0 aliphatic rings. The van der Waals surface area contributed by atoms with Gasteiger partial charge in [-0.2, -0.15) is 82.6 Å². The Morgan fingerprint density at radius 3 is 1.03 bits per heavy atom. The summed E-state index contributed by atoms with van der Waals surface area (Å²) in [7, 11) is 0. The fraction of sp³-hybridized carbons (Fsp3) is 0.138. The fourth-order valence-corrected chi connectivity index (χ4v) is 15.5. The predicted octanol–water partition coefficient (Wildman–Crippen LogP) is 31.8. The molecule has 0 aliphatic carbocycles. The third-order valence-electron chi connectivity index (χ3n) is 21.0. The summed E-state index contributed by atoms with van der Waals surface area (Å²) in [6.07, 6.45) is -16.6. The number of halogens is 13. The van der Waals surface area contributed by atoms with Gasteiger partial charge in [0, 0.05) is 77.3 Å². The maximum Gasteiger partial charge on any atom is 0.426 e. The van der Waals surface area contributed by atoms with Crippen LogP contribution in [0.15, 0.2) is 371 Å². The van der Waals surface area contributed by atoms with Crippen LogP contribution >= 0.6 is 27.3 Å². The van der Waals surface area contributed by atoms with Crippen molar-refractivity contribution >= 4 is 27.3 Å². The Morgan fingerprint density at radius 1 is 0.292 bits per heavy atom. The first-order chi connectivity index (χ1) is 69.3. The van der Waals surface area contributed by atoms with Gasteiger partial charge in [-0.25, -0.2) is 0 Å². The van der Waals surface area contributed by atoms with Crippen LogP contribution in [0.3, 0.4) is 0 Å². The molecule has 35 heteroatoms. The lowest BCUT2D eigenvalue weighted by Crippen LogP contribution is -2.11. The zero-order valence-electron chi connectivity index (χ0n) is 77.1. The smallest absolute Gasteiger partial charge is 0.426 e. The molecule has 0 aliphatic heterocycles. The van der Waals surface area contributed by atoms with Crippen molar-refractivity contribution in [1.29, 1.82) is 0 Å². The van der Waals surface area contributed by atoms with E-state index in [1.807, 2.05) is 233 Å². The molecule has 0 amide bonds. The van der Waals surface area contributed by atoms with Gasteiger partial charge in [0.05, 0.1) is 34.8 Å². The molecule has 20 rings (SSSR count). The molecule has 0 bridgehead atoms. The van der Waals surface area contributed by atoms with Crippen LogP contribution in [0.25, 0.3) is 147 Å². The van der Waals surface area contributed by atoms with E-state index in [-0.39, 0.29) is 44.1 Å². The normalized spacial score (nSPS) is 11.3. The highest BCUT2D eigenvalue weighted by Crippen LogP contribution is 2.47. The van der Waals surface area contributed by atoms with Crippen molar-refractivity contribution in [2.75, 3.05) is 13.2 Å². The van der Waals surface area contributed by atoms with Gasteiger partial charge in [0.1, 0.15) is 27.9 Å². The summed E-state index contributed by atoms with van der Waals surface area (Å²) in [4.78, 5) is 25.4. The first-order valence-corrected chi connectivity index (χ1v) is 46.1. The second-order valence-corrected chi connectivity index (χ2v) is 34.0. The van der Waals surface area contributed by atoms with Gasteiger partial charge in [-0.3, -0.25) is 0 Å². The molecule has 7 heterocycles. The number of aromatic nitrogens is 12. The Balaban J connectivity index is 0.000000130. The summed E-state index contributed by atoms with van der Waals surface area (Å²) in [5.41, 5.74) is 7.15. The lowest BCUT2D eigenvalue weighted by molar-refractivity contribution is -0.143. The van der Waals surface area contributed by atoms with Crippen molar-refractivity contribution < 1.29 is 94.0 Å². The number of hydrogen-bond acceptors (Lipinski definition) is 22. The third-order valence-corrected chi connectivity index (χ3v) is 22.7. The van der Waals surface area contributed by atoms with Crippen LogP contribution in [-0.2, 0) is 31.1 Å². The highest BCUT2D eigenvalue weighted by molar-refractivity contribution is 9.10. The highest BCUT2D eigenvalue weighted by atomic mass is 79.9.